The lowest BCUT2D eigenvalue weighted by Crippen LogP contribution is -3.12. The van der Waals surface area contributed by atoms with Gasteiger partial charge in [0.2, 0.25) is 0 Å². The van der Waals surface area contributed by atoms with Gasteiger partial charge in [0.05, 0.1) is 37.0 Å². The van der Waals surface area contributed by atoms with E-state index in [9.17, 15) is 15.8 Å². The molecular weight excluding hydrogens is 406 g/mol. The number of fused-ring (bicyclic) bond motifs is 1. The van der Waals surface area contributed by atoms with Crippen LogP contribution in [0.4, 0.5) is 0 Å². The molecule has 0 saturated heterocycles. The number of rotatable bonds is 4. The lowest BCUT2D eigenvalue weighted by molar-refractivity contribution is -0.913. The number of benzene rings is 2. The fraction of sp³-hybridized carbons (Fsp3) is 0.357. The van der Waals surface area contributed by atoms with Crippen LogP contribution in [0.3, 0.4) is 0 Å². The normalized spacial score (nSPS) is 25.8. The summed E-state index contributed by atoms with van der Waals surface area (Å²) in [5.41, 5.74) is 2.47. The van der Waals surface area contributed by atoms with E-state index in [4.69, 9.17) is 5.41 Å². The van der Waals surface area contributed by atoms with Crippen molar-refractivity contribution in [2.24, 2.45) is 17.3 Å². The molecule has 0 bridgehead atoms. The summed E-state index contributed by atoms with van der Waals surface area (Å²) in [5, 5.41) is 39.2. The largest absolute Gasteiger partial charge is 0.327 e. The highest BCUT2D eigenvalue weighted by Crippen LogP contribution is 2.52. The van der Waals surface area contributed by atoms with Crippen LogP contribution in [0.15, 0.2) is 66.2 Å². The van der Waals surface area contributed by atoms with Crippen LogP contribution >= 0.6 is 0 Å². The second-order valence-electron chi connectivity index (χ2n) is 9.44. The molecule has 1 unspecified atom stereocenters. The van der Waals surface area contributed by atoms with Crippen molar-refractivity contribution in [3.8, 4) is 18.2 Å². The van der Waals surface area contributed by atoms with E-state index >= 15 is 0 Å². The van der Waals surface area contributed by atoms with Crippen molar-refractivity contribution in [3.05, 3.63) is 82.9 Å². The Morgan fingerprint density at radius 1 is 1.03 bits per heavy atom. The maximum atomic E-state index is 10.2. The van der Waals surface area contributed by atoms with Gasteiger partial charge in [-0.15, -0.1) is 0 Å². The summed E-state index contributed by atoms with van der Waals surface area (Å²) in [5.74, 6) is -1.08. The quantitative estimate of drug-likeness (QED) is 0.717. The molecule has 2 aromatic rings. The second-order valence-corrected chi connectivity index (χ2v) is 9.44. The molecule has 4 rings (SSSR count). The number of nitrogens with one attached hydrogen (secondary N) is 2. The first-order valence-corrected chi connectivity index (χ1v) is 11.4. The van der Waals surface area contributed by atoms with E-state index in [1.165, 1.54) is 16.0 Å². The van der Waals surface area contributed by atoms with E-state index in [1.54, 1.807) is 0 Å². The summed E-state index contributed by atoms with van der Waals surface area (Å²) < 4.78 is 0. The molecular formula is C28H28N5+. The summed E-state index contributed by atoms with van der Waals surface area (Å²) in [6, 6.07) is 25.0. The maximum Gasteiger partial charge on any atom is 0.189 e. The van der Waals surface area contributed by atoms with Crippen LogP contribution in [-0.4, -0.2) is 18.8 Å². The van der Waals surface area contributed by atoms with Crippen molar-refractivity contribution in [2.45, 2.75) is 32.2 Å². The lowest BCUT2D eigenvalue weighted by Gasteiger charge is -2.46. The molecule has 2 aliphatic rings. The van der Waals surface area contributed by atoms with Crippen molar-refractivity contribution in [1.82, 2.24) is 0 Å². The molecule has 4 atom stereocenters. The molecule has 5 nitrogen and oxygen atoms in total. The first kappa shape index (κ1) is 22.5. The zero-order valence-electron chi connectivity index (χ0n) is 19.0. The van der Waals surface area contributed by atoms with Gasteiger partial charge in [-0.05, 0) is 28.7 Å². The number of hydrogen-bond donors (Lipinski definition) is 2. The minimum absolute atomic E-state index is 0.0815. The summed E-state index contributed by atoms with van der Waals surface area (Å²) in [6.45, 7) is 6.57. The average Bonchev–Trinajstić information content (AvgIpc) is 2.84. The third-order valence-electron chi connectivity index (χ3n) is 7.22. The minimum Gasteiger partial charge on any atom is -0.327 e. The van der Waals surface area contributed by atoms with Crippen LogP contribution in [0.25, 0.3) is 0 Å². The Bertz CT molecular complexity index is 1170. The smallest absolute Gasteiger partial charge is 0.189 e. The predicted molar refractivity (Wildman–Crippen MR) is 126 cm³/mol. The molecule has 1 aliphatic heterocycles. The molecule has 0 aromatic heterocycles. The van der Waals surface area contributed by atoms with E-state index in [0.29, 0.717) is 12.5 Å². The second kappa shape index (κ2) is 9.03. The zero-order chi connectivity index (χ0) is 23.6. The number of quaternary nitrogens is 1. The Labute approximate surface area is 195 Å². The van der Waals surface area contributed by atoms with Crippen LogP contribution in [0.5, 0.6) is 0 Å². The van der Waals surface area contributed by atoms with Crippen molar-refractivity contribution in [2.75, 3.05) is 13.1 Å². The molecule has 5 heteroatoms. The van der Waals surface area contributed by atoms with Gasteiger partial charge in [-0.3, -0.25) is 0 Å². The molecule has 0 radical (unpaired) electrons. The topological polar surface area (TPSA) is 99.7 Å². The Morgan fingerprint density at radius 3 is 2.27 bits per heavy atom. The average molecular weight is 435 g/mol. The first-order chi connectivity index (χ1) is 15.9. The molecule has 0 amide bonds. The van der Waals surface area contributed by atoms with Crippen molar-refractivity contribution in [3.63, 3.8) is 0 Å². The molecule has 0 spiro atoms. The van der Waals surface area contributed by atoms with Gasteiger partial charge in [0, 0.05) is 17.4 Å². The van der Waals surface area contributed by atoms with E-state index in [0.717, 1.165) is 24.2 Å². The summed E-state index contributed by atoms with van der Waals surface area (Å²) >= 11 is 0. The van der Waals surface area contributed by atoms with Gasteiger partial charge in [0.15, 0.2) is 5.41 Å². The van der Waals surface area contributed by atoms with Gasteiger partial charge in [-0.2, -0.15) is 15.8 Å². The molecule has 1 aliphatic carbocycles. The molecule has 33 heavy (non-hydrogen) atoms. The third-order valence-corrected chi connectivity index (χ3v) is 7.22. The van der Waals surface area contributed by atoms with Crippen LogP contribution in [-0.2, 0) is 6.54 Å². The van der Waals surface area contributed by atoms with Gasteiger partial charge in [0.25, 0.3) is 0 Å². The standard InChI is InChI=1S/C28H27N5/c1-19(2)21-8-10-22(11-9-21)26-25-16-33(15-20-6-4-3-5-7-20)13-12-23(25)24(14-29)27(32)28(26,17-30)18-31/h3-12,19,24-26,32H,13,15-16H2,1-2H3/p+1/t24-,25-,26+/m1/s1. The fourth-order valence-corrected chi connectivity index (χ4v) is 5.45. The first-order valence-electron chi connectivity index (χ1n) is 11.4. The number of hydrogen-bond acceptors (Lipinski definition) is 4. The highest BCUT2D eigenvalue weighted by atomic mass is 15.1. The van der Waals surface area contributed by atoms with Crippen LogP contribution in [0, 0.1) is 56.7 Å². The highest BCUT2D eigenvalue weighted by Gasteiger charge is 2.58. The van der Waals surface area contributed by atoms with Gasteiger partial charge >= 0.3 is 0 Å². The van der Waals surface area contributed by atoms with Gasteiger partial charge in [-0.1, -0.05) is 68.4 Å². The minimum atomic E-state index is -1.66. The summed E-state index contributed by atoms with van der Waals surface area (Å²) in [4.78, 5) is 1.33. The van der Waals surface area contributed by atoms with Gasteiger partial charge in [0.1, 0.15) is 12.5 Å². The Morgan fingerprint density at radius 2 is 1.70 bits per heavy atom. The monoisotopic (exact) mass is 434 g/mol. The number of nitriles is 3. The van der Waals surface area contributed by atoms with Crippen molar-refractivity contribution >= 4 is 5.71 Å². The van der Waals surface area contributed by atoms with Gasteiger partial charge in [-0.25, -0.2) is 0 Å². The van der Waals surface area contributed by atoms with Crippen molar-refractivity contribution in [1.29, 1.82) is 21.2 Å². The van der Waals surface area contributed by atoms with E-state index < -0.39 is 17.3 Å². The van der Waals surface area contributed by atoms with Crippen LogP contribution in [0.1, 0.15) is 42.4 Å². The van der Waals surface area contributed by atoms with Crippen LogP contribution < -0.4 is 4.90 Å². The third kappa shape index (κ3) is 3.84. The van der Waals surface area contributed by atoms with Crippen molar-refractivity contribution < 1.29 is 4.90 Å². The summed E-state index contributed by atoms with van der Waals surface area (Å²) in [6.07, 6.45) is 2.09. The lowest BCUT2D eigenvalue weighted by atomic mass is 9.54. The molecule has 2 aromatic carbocycles. The fourth-order valence-electron chi connectivity index (χ4n) is 5.45. The number of nitrogens with zero attached hydrogens (tertiary/aromatic N) is 3. The maximum absolute atomic E-state index is 10.2. The van der Waals surface area contributed by atoms with Crippen LogP contribution in [0.2, 0.25) is 0 Å². The van der Waals surface area contributed by atoms with E-state index in [1.807, 2.05) is 30.3 Å². The highest BCUT2D eigenvalue weighted by molar-refractivity contribution is 6.00. The molecule has 1 fully saturated rings. The molecule has 1 saturated carbocycles. The molecule has 1 heterocycles. The Balaban J connectivity index is 1.80. The molecule has 164 valence electrons. The predicted octanol–water partition coefficient (Wildman–Crippen LogP) is 3.74. The molecule has 2 N–H and O–H groups in total. The zero-order valence-corrected chi connectivity index (χ0v) is 19.0. The SMILES string of the molecule is CC(C)c1ccc([C@H]2[C@@H]3C[NH+](Cc4ccccc4)CC=C3[C@@H](C#N)C(=N)C2(C#N)C#N)cc1. The van der Waals surface area contributed by atoms with E-state index in [-0.39, 0.29) is 11.6 Å². The summed E-state index contributed by atoms with van der Waals surface area (Å²) in [7, 11) is 0. The Kier molecular flexibility index (Phi) is 6.15. The van der Waals surface area contributed by atoms with Gasteiger partial charge < -0.3 is 10.3 Å². The Hall–Kier alpha value is -3.72. The van der Waals surface area contributed by atoms with E-state index in [2.05, 4.69) is 62.4 Å².